The molecule has 251 valence electrons. The van der Waals surface area contributed by atoms with Gasteiger partial charge in [0.25, 0.3) is 0 Å². The van der Waals surface area contributed by atoms with Gasteiger partial charge in [0.2, 0.25) is 0 Å². The molecule has 0 unspecified atom stereocenters. The number of rotatable bonds is 4. The van der Waals surface area contributed by atoms with Crippen LogP contribution in [0, 0.1) is 44.3 Å². The van der Waals surface area contributed by atoms with Gasteiger partial charge in [0.05, 0.1) is 0 Å². The standard InChI is InChI=1S/2C14H14P.C4H8S.CH3.2Au.ClHO4.HI/c2*1-15(2,13-9-5-3-6-10-13)14-11-7-4-8-12-14;1-2-4-5-3-1;;;;2-1(3,4)5;/h2*3-12H,1-2H2;1-4H2;1H3;;;(H,2,3,4,5);1H/q2*-1;;-1;;+1;;/p-2. The zero-order valence-corrected chi connectivity index (χ0v) is 34.4. The van der Waals surface area contributed by atoms with E-state index in [2.05, 4.69) is 123 Å². The second kappa shape index (κ2) is 25.4. The van der Waals surface area contributed by atoms with Gasteiger partial charge in [-0.2, -0.15) is 52.9 Å². The molecule has 5 rings (SSSR count). The van der Waals surface area contributed by atoms with Gasteiger partial charge in [0.15, 0.2) is 0 Å². The van der Waals surface area contributed by atoms with Crippen LogP contribution < -0.4 is 39.9 Å². The van der Waals surface area contributed by atoms with Gasteiger partial charge in [-0.1, -0.05) is 72.8 Å². The van der Waals surface area contributed by atoms with E-state index < -0.39 is 24.8 Å². The van der Waals surface area contributed by atoms with Crippen LogP contribution in [0.1, 0.15) is 12.8 Å². The molecule has 11 heteroatoms. The summed E-state index contributed by atoms with van der Waals surface area (Å²) in [5.74, 6) is 2.83. The SMILES string of the molecule is C1CCSC1.[Au].[CH2-][P+]([CH2-])(c1ccccc1)c1ccccc1.[CH2-][P+]([CH2-])(c1ccccc1)c1ccccc1.[CH3-].[I][Au].[O-][Cl+3]([O-])([O-])[O-]. The molecule has 1 fully saturated rings. The van der Waals surface area contributed by atoms with Crippen LogP contribution in [0.5, 0.6) is 0 Å². The van der Waals surface area contributed by atoms with Crippen molar-refractivity contribution in [2.24, 2.45) is 0 Å². The van der Waals surface area contributed by atoms with E-state index >= 15 is 0 Å². The molecule has 4 aromatic carbocycles. The third-order valence-corrected chi connectivity index (χ3v) is 12.1. The van der Waals surface area contributed by atoms with E-state index in [1.807, 2.05) is 72.8 Å². The van der Waals surface area contributed by atoms with E-state index in [9.17, 15) is 0 Å². The van der Waals surface area contributed by atoms with Crippen LogP contribution in [0.4, 0.5) is 0 Å². The van der Waals surface area contributed by atoms with Crippen LogP contribution in [-0.2, 0) is 39.6 Å². The molecule has 0 spiro atoms. The molecule has 1 aliphatic rings. The predicted molar refractivity (Wildman–Crippen MR) is 187 cm³/mol. The molecule has 1 radical (unpaired) electrons. The first kappa shape index (κ1) is 46.5. The Morgan fingerprint density at radius 2 is 0.705 bits per heavy atom. The number of hydrogen-bond acceptors (Lipinski definition) is 5. The zero-order chi connectivity index (χ0) is 31.5. The Morgan fingerprint density at radius 3 is 0.841 bits per heavy atom. The zero-order valence-electron chi connectivity index (χ0n) is 24.5. The first-order chi connectivity index (χ1) is 19.9. The summed E-state index contributed by atoms with van der Waals surface area (Å²) < 4.78 is 34.0. The molecule has 0 aromatic heterocycles. The van der Waals surface area contributed by atoms with Crippen LogP contribution in [0.25, 0.3) is 0 Å². The molecule has 4 aromatic rings. The number of hydrogen-bond donors (Lipinski definition) is 0. The van der Waals surface area contributed by atoms with Crippen LogP contribution in [-0.4, -0.2) is 11.5 Å². The minimum Gasteiger partial charge on any atom is -0.222 e. The summed E-state index contributed by atoms with van der Waals surface area (Å²) in [4.78, 5) is 0. The van der Waals surface area contributed by atoms with Gasteiger partial charge in [-0.05, 0) is 72.9 Å². The number of halogens is 2. The normalized spacial score (nSPS) is 12.0. The second-order valence-electron chi connectivity index (χ2n) is 8.98. The van der Waals surface area contributed by atoms with E-state index in [4.69, 9.17) is 18.6 Å². The number of thioether (sulfide) groups is 1. The fraction of sp³-hybridized carbons (Fsp3) is 0.121. The molecule has 0 atom stereocenters. The van der Waals surface area contributed by atoms with Crippen LogP contribution in [0.3, 0.4) is 0 Å². The van der Waals surface area contributed by atoms with E-state index in [0.717, 1.165) is 0 Å². The molecule has 1 heterocycles. The van der Waals surface area contributed by atoms with Crippen LogP contribution in [0.15, 0.2) is 121 Å². The smallest absolute Gasteiger partial charge is 0.112 e. The maximum absolute atomic E-state index is 8.49. The minimum absolute atomic E-state index is 0. The third-order valence-electron chi connectivity index (χ3n) is 5.83. The van der Waals surface area contributed by atoms with E-state index in [1.54, 1.807) is 0 Å². The average molecular weight is 1150 g/mol. The Balaban J connectivity index is 0. The molecule has 0 aliphatic carbocycles. The molecule has 44 heavy (non-hydrogen) atoms. The van der Waals surface area contributed by atoms with Crippen molar-refractivity contribution in [2.75, 3.05) is 11.5 Å². The Bertz CT molecular complexity index is 1040. The molecule has 0 saturated carbocycles. The average Bonchev–Trinajstić information content (AvgIpc) is 3.60. The molecule has 1 aliphatic heterocycles. The van der Waals surface area contributed by atoms with Crippen molar-refractivity contribution in [1.82, 2.24) is 0 Å². The van der Waals surface area contributed by atoms with Gasteiger partial charge < -0.3 is 7.43 Å². The Hall–Kier alpha value is 0.431. The van der Waals surface area contributed by atoms with E-state index in [0.29, 0.717) is 0 Å². The third kappa shape index (κ3) is 19.3. The summed E-state index contributed by atoms with van der Waals surface area (Å²) in [6.45, 7) is 17.2. The Morgan fingerprint density at radius 1 is 0.523 bits per heavy atom. The summed E-state index contributed by atoms with van der Waals surface area (Å²) >= 11 is 6.42. The topological polar surface area (TPSA) is 92.2 Å². The fourth-order valence-corrected chi connectivity index (χ4v) is 8.25. The summed E-state index contributed by atoms with van der Waals surface area (Å²) in [6, 6.07) is 41.3. The van der Waals surface area contributed by atoms with Crippen molar-refractivity contribution in [2.45, 2.75) is 12.8 Å². The number of benzene rings is 4. The molecule has 0 amide bonds. The molecule has 0 bridgehead atoms. The first-order valence-electron chi connectivity index (χ1n) is 12.6. The van der Waals surface area contributed by atoms with E-state index in [-0.39, 0.29) is 29.8 Å². The van der Waals surface area contributed by atoms with Gasteiger partial charge in [-0.25, -0.2) is 18.6 Å². The van der Waals surface area contributed by atoms with Crippen molar-refractivity contribution < 1.29 is 68.5 Å². The molecule has 4 nitrogen and oxygen atoms in total. The van der Waals surface area contributed by atoms with Crippen LogP contribution >= 0.6 is 45.3 Å². The summed E-state index contributed by atoms with van der Waals surface area (Å²) in [5, 5.41) is 4.99. The second-order valence-corrected chi connectivity index (χ2v) is 16.9. The molecule has 1 saturated heterocycles. The quantitative estimate of drug-likeness (QED) is 0.130. The van der Waals surface area contributed by atoms with Crippen molar-refractivity contribution in [3.8, 4) is 0 Å². The Labute approximate surface area is 311 Å². The summed E-state index contributed by atoms with van der Waals surface area (Å²) in [6.07, 6.45) is 2.93. The summed E-state index contributed by atoms with van der Waals surface area (Å²) in [7, 11) is -8.24. The monoisotopic (exact) mass is 1150 g/mol. The van der Waals surface area contributed by atoms with E-state index in [1.165, 1.54) is 45.6 Å². The van der Waals surface area contributed by atoms with Gasteiger partial charge in [-0.15, -0.1) is 10.2 Å². The molecular weight excluding hydrogens is 1110 g/mol. The van der Waals surface area contributed by atoms with Gasteiger partial charge >= 0.3 is 36.3 Å². The van der Waals surface area contributed by atoms with Crippen molar-refractivity contribution in [1.29, 1.82) is 0 Å². The summed E-state index contributed by atoms with van der Waals surface area (Å²) in [5.41, 5.74) is 0. The fourth-order valence-electron chi connectivity index (χ4n) is 3.66. The molecular formula is C33H39Au2ClIO4P2S-4. The van der Waals surface area contributed by atoms with Crippen molar-refractivity contribution in [3.63, 3.8) is 0 Å². The maximum Gasteiger partial charge on any atom is -0.112 e. The van der Waals surface area contributed by atoms with Gasteiger partial charge in [0, 0.05) is 43.6 Å². The Kier molecular flexibility index (Phi) is 26.9. The maximum atomic E-state index is 8.49. The van der Waals surface area contributed by atoms with Crippen molar-refractivity contribution >= 4 is 66.5 Å². The predicted octanol–water partition coefficient (Wildman–Crippen LogP) is 4.56. The van der Waals surface area contributed by atoms with Crippen LogP contribution in [0.2, 0.25) is 0 Å². The minimum atomic E-state index is -4.94. The largest absolute Gasteiger partial charge is 0.222 e. The molecule has 0 N–H and O–H groups in total. The first-order valence-corrected chi connectivity index (χ1v) is 25.5. The van der Waals surface area contributed by atoms with Crippen molar-refractivity contribution in [3.05, 3.63) is 155 Å². The van der Waals surface area contributed by atoms with Gasteiger partial charge in [-0.3, -0.25) is 0 Å². The van der Waals surface area contributed by atoms with Gasteiger partial charge in [0.1, 0.15) is 0 Å².